The third-order valence-electron chi connectivity index (χ3n) is 5.06. The van der Waals surface area contributed by atoms with E-state index in [2.05, 4.69) is 34.7 Å². The van der Waals surface area contributed by atoms with E-state index in [4.69, 9.17) is 0 Å². The van der Waals surface area contributed by atoms with Crippen LogP contribution in [0.4, 0.5) is 10.8 Å². The molecule has 2 N–H and O–H groups in total. The van der Waals surface area contributed by atoms with Gasteiger partial charge in [0.1, 0.15) is 0 Å². The van der Waals surface area contributed by atoms with E-state index in [1.807, 2.05) is 73.7 Å². The fraction of sp³-hybridized carbons (Fsp3) is 0.148. The van der Waals surface area contributed by atoms with E-state index in [-0.39, 0.29) is 17.6 Å². The zero-order valence-electron chi connectivity index (χ0n) is 19.0. The summed E-state index contributed by atoms with van der Waals surface area (Å²) in [6.07, 6.45) is 0.318. The Bertz CT molecular complexity index is 1280. The molecule has 7 heteroatoms. The van der Waals surface area contributed by atoms with E-state index < -0.39 is 0 Å². The molecule has 0 unspecified atom stereocenters. The molecule has 0 fully saturated rings. The van der Waals surface area contributed by atoms with Crippen LogP contribution in [0, 0.1) is 13.8 Å². The third-order valence-corrected chi connectivity index (χ3v) is 6.94. The Hall–Kier alpha value is -3.42. The summed E-state index contributed by atoms with van der Waals surface area (Å²) in [6.45, 7) is 4.06. The topological polar surface area (TPSA) is 71.1 Å². The van der Waals surface area contributed by atoms with E-state index in [1.165, 1.54) is 28.7 Å². The molecule has 0 aliphatic heterocycles. The van der Waals surface area contributed by atoms with Gasteiger partial charge in [-0.1, -0.05) is 66.2 Å². The van der Waals surface area contributed by atoms with Gasteiger partial charge < -0.3 is 10.6 Å². The lowest BCUT2D eigenvalue weighted by Crippen LogP contribution is -2.14. The number of thiazole rings is 1. The Morgan fingerprint density at radius 3 is 2.41 bits per heavy atom. The van der Waals surface area contributed by atoms with Crippen LogP contribution >= 0.6 is 23.1 Å². The van der Waals surface area contributed by atoms with Crippen molar-refractivity contribution >= 4 is 45.7 Å². The second-order valence-corrected chi connectivity index (χ2v) is 10.1. The van der Waals surface area contributed by atoms with E-state index in [9.17, 15) is 9.59 Å². The highest BCUT2D eigenvalue weighted by Crippen LogP contribution is 2.31. The summed E-state index contributed by atoms with van der Waals surface area (Å²) >= 11 is 2.89. The van der Waals surface area contributed by atoms with Crippen LogP contribution in [-0.4, -0.2) is 22.6 Å². The smallest absolute Gasteiger partial charge is 0.236 e. The van der Waals surface area contributed by atoms with E-state index in [0.717, 1.165) is 26.6 Å². The Balaban J connectivity index is 1.31. The van der Waals surface area contributed by atoms with Gasteiger partial charge >= 0.3 is 0 Å². The molecule has 5 nitrogen and oxygen atoms in total. The fourth-order valence-corrected chi connectivity index (χ4v) is 4.99. The first-order valence-electron chi connectivity index (χ1n) is 10.9. The van der Waals surface area contributed by atoms with Crippen molar-refractivity contribution in [2.45, 2.75) is 25.2 Å². The molecule has 3 aromatic carbocycles. The van der Waals surface area contributed by atoms with E-state index in [0.29, 0.717) is 17.2 Å². The second kappa shape index (κ2) is 11.1. The van der Waals surface area contributed by atoms with Crippen molar-refractivity contribution in [2.24, 2.45) is 0 Å². The number of thioether (sulfide) groups is 1. The maximum Gasteiger partial charge on any atom is 0.236 e. The SMILES string of the molecule is Cc1ccc(-c2nc(NC(=O)CSc3cccc(NC(=O)Cc4ccccc4)c3)sc2C)cc1. The average molecular weight is 488 g/mol. The van der Waals surface area contributed by atoms with Crippen molar-refractivity contribution in [3.05, 3.63) is 94.9 Å². The predicted molar refractivity (Wildman–Crippen MR) is 142 cm³/mol. The van der Waals surface area contributed by atoms with Gasteiger partial charge in [0.15, 0.2) is 5.13 Å². The minimum atomic E-state index is -0.118. The standard InChI is InChI=1S/C27H25N3O2S2/c1-18-11-13-21(14-12-18)26-19(2)34-27(30-26)29-25(32)17-33-23-10-6-9-22(16-23)28-24(31)15-20-7-4-3-5-8-20/h3-14,16H,15,17H2,1-2H3,(H,28,31)(H,29,30,32). The molecule has 0 spiro atoms. The maximum atomic E-state index is 12.5. The number of aryl methyl sites for hydroxylation is 2. The number of hydrogen-bond donors (Lipinski definition) is 2. The Kier molecular flexibility index (Phi) is 7.77. The van der Waals surface area contributed by atoms with Crippen LogP contribution in [0.3, 0.4) is 0 Å². The number of rotatable bonds is 8. The number of aromatic nitrogens is 1. The molecule has 1 aromatic heterocycles. The highest BCUT2D eigenvalue weighted by atomic mass is 32.2. The van der Waals surface area contributed by atoms with Crippen LogP contribution in [0.2, 0.25) is 0 Å². The van der Waals surface area contributed by atoms with E-state index in [1.54, 1.807) is 0 Å². The number of hydrogen-bond acceptors (Lipinski definition) is 5. The zero-order valence-corrected chi connectivity index (χ0v) is 20.6. The molecule has 172 valence electrons. The number of amides is 2. The molecule has 0 saturated carbocycles. The monoisotopic (exact) mass is 487 g/mol. The molecular weight excluding hydrogens is 462 g/mol. The molecule has 0 atom stereocenters. The van der Waals surface area contributed by atoms with Crippen molar-refractivity contribution in [1.82, 2.24) is 4.98 Å². The minimum Gasteiger partial charge on any atom is -0.326 e. The van der Waals surface area contributed by atoms with Crippen molar-refractivity contribution in [3.8, 4) is 11.3 Å². The Morgan fingerprint density at radius 2 is 1.65 bits per heavy atom. The van der Waals surface area contributed by atoms with Crippen LogP contribution in [-0.2, 0) is 16.0 Å². The van der Waals surface area contributed by atoms with Crippen LogP contribution < -0.4 is 10.6 Å². The lowest BCUT2D eigenvalue weighted by molar-refractivity contribution is -0.115. The van der Waals surface area contributed by atoms with Gasteiger partial charge in [-0.15, -0.1) is 23.1 Å². The van der Waals surface area contributed by atoms with Gasteiger partial charge in [0.2, 0.25) is 11.8 Å². The summed E-state index contributed by atoms with van der Waals surface area (Å²) in [7, 11) is 0. The van der Waals surface area contributed by atoms with Crippen LogP contribution in [0.15, 0.2) is 83.8 Å². The molecule has 4 aromatic rings. The first-order valence-corrected chi connectivity index (χ1v) is 12.7. The number of nitrogens with zero attached hydrogens (tertiary/aromatic N) is 1. The zero-order chi connectivity index (χ0) is 23.9. The molecule has 0 aliphatic rings. The Labute approximate surface area is 207 Å². The van der Waals surface area contributed by atoms with Crippen LogP contribution in [0.25, 0.3) is 11.3 Å². The van der Waals surface area contributed by atoms with Crippen LogP contribution in [0.5, 0.6) is 0 Å². The van der Waals surface area contributed by atoms with Crippen molar-refractivity contribution < 1.29 is 9.59 Å². The third kappa shape index (κ3) is 6.56. The number of nitrogens with one attached hydrogen (secondary N) is 2. The van der Waals surface area contributed by atoms with Crippen molar-refractivity contribution in [3.63, 3.8) is 0 Å². The highest BCUT2D eigenvalue weighted by molar-refractivity contribution is 8.00. The molecule has 34 heavy (non-hydrogen) atoms. The lowest BCUT2D eigenvalue weighted by atomic mass is 10.1. The summed E-state index contributed by atoms with van der Waals surface area (Å²) in [5, 5.41) is 6.43. The summed E-state index contributed by atoms with van der Waals surface area (Å²) in [5.74, 6) is 0.0576. The second-order valence-electron chi connectivity index (χ2n) is 7.87. The normalized spacial score (nSPS) is 10.6. The largest absolute Gasteiger partial charge is 0.326 e. The molecule has 0 saturated heterocycles. The van der Waals surface area contributed by atoms with Gasteiger partial charge in [-0.3, -0.25) is 9.59 Å². The average Bonchev–Trinajstić information content (AvgIpc) is 3.18. The van der Waals surface area contributed by atoms with Crippen molar-refractivity contribution in [1.29, 1.82) is 0 Å². The van der Waals surface area contributed by atoms with E-state index >= 15 is 0 Å². The first kappa shape index (κ1) is 23.7. The van der Waals surface area contributed by atoms with Gasteiger partial charge in [0, 0.05) is 21.0 Å². The molecule has 0 bridgehead atoms. The number of carbonyl (C=O) groups excluding carboxylic acids is 2. The quantitative estimate of drug-likeness (QED) is 0.285. The highest BCUT2D eigenvalue weighted by Gasteiger charge is 2.13. The summed E-state index contributed by atoms with van der Waals surface area (Å²) in [4.78, 5) is 31.4. The number of anilines is 2. The molecule has 2 amide bonds. The Morgan fingerprint density at radius 1 is 0.882 bits per heavy atom. The van der Waals surface area contributed by atoms with Crippen molar-refractivity contribution in [2.75, 3.05) is 16.4 Å². The molecule has 0 aliphatic carbocycles. The molecule has 0 radical (unpaired) electrons. The summed E-state index contributed by atoms with van der Waals surface area (Å²) in [5.41, 5.74) is 4.81. The summed E-state index contributed by atoms with van der Waals surface area (Å²) < 4.78 is 0. The molecule has 1 heterocycles. The number of carbonyl (C=O) groups is 2. The number of benzene rings is 3. The first-order chi connectivity index (χ1) is 16.5. The van der Waals surface area contributed by atoms with Gasteiger partial charge in [0.05, 0.1) is 17.9 Å². The fourth-order valence-electron chi connectivity index (χ4n) is 3.38. The van der Waals surface area contributed by atoms with Crippen LogP contribution in [0.1, 0.15) is 16.0 Å². The van der Waals surface area contributed by atoms with Gasteiger partial charge in [-0.25, -0.2) is 4.98 Å². The van der Waals surface area contributed by atoms with Gasteiger partial charge in [-0.2, -0.15) is 0 Å². The van der Waals surface area contributed by atoms with Gasteiger partial charge in [-0.05, 0) is 37.6 Å². The maximum absolute atomic E-state index is 12.5. The lowest BCUT2D eigenvalue weighted by Gasteiger charge is -2.08. The molecular formula is C27H25N3O2S2. The molecule has 4 rings (SSSR count). The summed E-state index contributed by atoms with van der Waals surface area (Å²) in [6, 6.07) is 25.3. The predicted octanol–water partition coefficient (Wildman–Crippen LogP) is 6.34. The van der Waals surface area contributed by atoms with Gasteiger partial charge in [0.25, 0.3) is 0 Å². The minimum absolute atomic E-state index is 0.0744.